The Morgan fingerprint density at radius 2 is 1.81 bits per heavy atom. The highest BCUT2D eigenvalue weighted by Gasteiger charge is 2.22. The highest BCUT2D eigenvalue weighted by molar-refractivity contribution is 6.30. The zero-order chi connectivity index (χ0) is 15.4. The van der Waals surface area contributed by atoms with Crippen LogP contribution in [0, 0.1) is 12.8 Å². The average molecular weight is 305 g/mol. The third kappa shape index (κ3) is 3.60. The summed E-state index contributed by atoms with van der Waals surface area (Å²) in [7, 11) is 0. The van der Waals surface area contributed by atoms with E-state index in [1.54, 1.807) is 0 Å². The second-order valence-electron chi connectivity index (χ2n) is 5.33. The molecule has 0 N–H and O–H groups in total. The Kier molecular flexibility index (Phi) is 5.32. The molecule has 0 aliphatic heterocycles. The minimum atomic E-state index is -0.143. The predicted octanol–water partition coefficient (Wildman–Crippen LogP) is 4.84. The first-order valence-electron chi connectivity index (χ1n) is 7.25. The first-order chi connectivity index (χ1) is 10.0. The maximum atomic E-state index is 6.31. The second kappa shape index (κ2) is 7.01. The lowest BCUT2D eigenvalue weighted by Crippen LogP contribution is -2.15. The summed E-state index contributed by atoms with van der Waals surface area (Å²) in [6, 6.07) is 10.0. The predicted molar refractivity (Wildman–Crippen MR) is 86.4 cm³/mol. The van der Waals surface area contributed by atoms with Crippen molar-refractivity contribution in [3.63, 3.8) is 0 Å². The van der Waals surface area contributed by atoms with E-state index in [-0.39, 0.29) is 12.0 Å². The first-order valence-corrected chi connectivity index (χ1v) is 7.63. The fourth-order valence-corrected chi connectivity index (χ4v) is 2.43. The fourth-order valence-electron chi connectivity index (χ4n) is 2.25. The van der Waals surface area contributed by atoms with Crippen LogP contribution in [0.25, 0.3) is 11.3 Å². The Morgan fingerprint density at radius 3 is 2.38 bits per heavy atom. The zero-order valence-corrected chi connectivity index (χ0v) is 13.7. The van der Waals surface area contributed by atoms with Gasteiger partial charge in [0.15, 0.2) is 5.82 Å². The van der Waals surface area contributed by atoms with Gasteiger partial charge in [0.25, 0.3) is 0 Å². The van der Waals surface area contributed by atoms with Crippen LogP contribution in [-0.2, 0) is 4.74 Å². The molecule has 112 valence electrons. The number of hydrogen-bond acceptors (Lipinski definition) is 3. The normalized spacial score (nSPS) is 12.7. The summed E-state index contributed by atoms with van der Waals surface area (Å²) in [5, 5.41) is 0.490. The van der Waals surface area contributed by atoms with E-state index in [1.165, 1.54) is 0 Å². The van der Waals surface area contributed by atoms with Crippen LogP contribution in [0.5, 0.6) is 0 Å². The molecule has 0 aliphatic carbocycles. The van der Waals surface area contributed by atoms with E-state index in [1.807, 2.05) is 44.2 Å². The Balaban J connectivity index is 2.52. The lowest BCUT2D eigenvalue weighted by molar-refractivity contribution is 0.0233. The van der Waals surface area contributed by atoms with E-state index in [9.17, 15) is 0 Å². The molecule has 4 heteroatoms. The molecule has 1 unspecified atom stereocenters. The molecule has 0 fully saturated rings. The molecular weight excluding hydrogens is 284 g/mol. The third-order valence-electron chi connectivity index (χ3n) is 3.36. The van der Waals surface area contributed by atoms with Crippen LogP contribution in [0.1, 0.15) is 38.3 Å². The minimum absolute atomic E-state index is 0.143. The van der Waals surface area contributed by atoms with E-state index >= 15 is 0 Å². The maximum absolute atomic E-state index is 6.31. The highest BCUT2D eigenvalue weighted by Crippen LogP contribution is 2.30. The van der Waals surface area contributed by atoms with Crippen molar-refractivity contribution in [3.8, 4) is 11.3 Å². The molecule has 0 saturated heterocycles. The molecule has 0 saturated carbocycles. The van der Waals surface area contributed by atoms with Gasteiger partial charge >= 0.3 is 0 Å². The standard InChI is InChI=1S/C17H21ClN2O/c1-5-21-15(11(2)3)17-19-14(12(4)16(18)20-17)13-9-7-6-8-10-13/h6-11,15H,5H2,1-4H3. The van der Waals surface area contributed by atoms with Gasteiger partial charge in [0.2, 0.25) is 0 Å². The molecular formula is C17H21ClN2O. The largest absolute Gasteiger partial charge is 0.370 e. The van der Waals surface area contributed by atoms with Crippen LogP contribution < -0.4 is 0 Å². The summed E-state index contributed by atoms with van der Waals surface area (Å²) < 4.78 is 5.79. The molecule has 0 radical (unpaired) electrons. The van der Waals surface area contributed by atoms with E-state index in [4.69, 9.17) is 21.3 Å². The Labute approximate surface area is 131 Å². The molecule has 21 heavy (non-hydrogen) atoms. The van der Waals surface area contributed by atoms with Crippen molar-refractivity contribution >= 4 is 11.6 Å². The van der Waals surface area contributed by atoms with Crippen molar-refractivity contribution in [3.05, 3.63) is 46.9 Å². The summed E-state index contributed by atoms with van der Waals surface area (Å²) in [6.07, 6.45) is -0.143. The number of hydrogen-bond donors (Lipinski definition) is 0. The molecule has 1 heterocycles. The number of halogens is 1. The third-order valence-corrected chi connectivity index (χ3v) is 3.73. The van der Waals surface area contributed by atoms with Crippen molar-refractivity contribution in [2.24, 2.45) is 5.92 Å². The van der Waals surface area contributed by atoms with Gasteiger partial charge in [-0.05, 0) is 19.8 Å². The van der Waals surface area contributed by atoms with Crippen molar-refractivity contribution in [2.45, 2.75) is 33.8 Å². The van der Waals surface area contributed by atoms with Gasteiger partial charge in [-0.3, -0.25) is 0 Å². The number of benzene rings is 1. The van der Waals surface area contributed by atoms with Crippen LogP contribution in [0.15, 0.2) is 30.3 Å². The lowest BCUT2D eigenvalue weighted by atomic mass is 10.0. The van der Waals surface area contributed by atoms with Crippen LogP contribution in [0.4, 0.5) is 0 Å². The lowest BCUT2D eigenvalue weighted by Gasteiger charge is -2.21. The average Bonchev–Trinajstić information content (AvgIpc) is 2.48. The van der Waals surface area contributed by atoms with Crippen LogP contribution in [0.2, 0.25) is 5.15 Å². The molecule has 0 bridgehead atoms. The number of nitrogens with zero attached hydrogens (tertiary/aromatic N) is 2. The van der Waals surface area contributed by atoms with Gasteiger partial charge in [0.05, 0.1) is 5.69 Å². The van der Waals surface area contributed by atoms with Gasteiger partial charge in [-0.15, -0.1) is 0 Å². The van der Waals surface area contributed by atoms with Gasteiger partial charge < -0.3 is 4.74 Å². The molecule has 0 amide bonds. The summed E-state index contributed by atoms with van der Waals surface area (Å²) >= 11 is 6.31. The molecule has 1 aromatic heterocycles. The Hall–Kier alpha value is -1.45. The van der Waals surface area contributed by atoms with Crippen molar-refractivity contribution in [2.75, 3.05) is 6.61 Å². The van der Waals surface area contributed by atoms with E-state index in [0.717, 1.165) is 16.8 Å². The van der Waals surface area contributed by atoms with Crippen LogP contribution in [-0.4, -0.2) is 16.6 Å². The van der Waals surface area contributed by atoms with Gasteiger partial charge in [-0.25, -0.2) is 9.97 Å². The minimum Gasteiger partial charge on any atom is -0.370 e. The molecule has 3 nitrogen and oxygen atoms in total. The number of ether oxygens (including phenoxy) is 1. The Bertz CT molecular complexity index is 599. The van der Waals surface area contributed by atoms with Crippen molar-refractivity contribution < 1.29 is 4.74 Å². The zero-order valence-electron chi connectivity index (χ0n) is 12.9. The molecule has 2 rings (SSSR count). The quantitative estimate of drug-likeness (QED) is 0.741. The van der Waals surface area contributed by atoms with E-state index in [0.29, 0.717) is 17.6 Å². The molecule has 2 aromatic rings. The molecule has 1 atom stereocenters. The van der Waals surface area contributed by atoms with Gasteiger partial charge in [-0.1, -0.05) is 55.8 Å². The second-order valence-corrected chi connectivity index (χ2v) is 5.69. The smallest absolute Gasteiger partial charge is 0.159 e. The first kappa shape index (κ1) is 15.9. The van der Waals surface area contributed by atoms with Crippen LogP contribution in [0.3, 0.4) is 0 Å². The Morgan fingerprint density at radius 1 is 1.14 bits per heavy atom. The van der Waals surface area contributed by atoms with Gasteiger partial charge in [0.1, 0.15) is 11.3 Å². The summed E-state index contributed by atoms with van der Waals surface area (Å²) in [5.41, 5.74) is 2.81. The number of rotatable bonds is 5. The monoisotopic (exact) mass is 304 g/mol. The summed E-state index contributed by atoms with van der Waals surface area (Å²) in [5.74, 6) is 0.939. The molecule has 0 aliphatic rings. The number of aromatic nitrogens is 2. The SMILES string of the molecule is CCOC(c1nc(Cl)c(C)c(-c2ccccc2)n1)C(C)C. The summed E-state index contributed by atoms with van der Waals surface area (Å²) in [6.45, 7) is 8.74. The highest BCUT2D eigenvalue weighted by atomic mass is 35.5. The van der Waals surface area contributed by atoms with Crippen molar-refractivity contribution in [1.29, 1.82) is 0 Å². The molecule has 1 aromatic carbocycles. The summed E-state index contributed by atoms with van der Waals surface area (Å²) in [4.78, 5) is 9.15. The van der Waals surface area contributed by atoms with E-state index in [2.05, 4.69) is 18.8 Å². The van der Waals surface area contributed by atoms with E-state index < -0.39 is 0 Å². The fraction of sp³-hybridized carbons (Fsp3) is 0.412. The van der Waals surface area contributed by atoms with Crippen LogP contribution >= 0.6 is 11.6 Å². The molecule has 0 spiro atoms. The topological polar surface area (TPSA) is 35.0 Å². The maximum Gasteiger partial charge on any atom is 0.159 e. The van der Waals surface area contributed by atoms with Gasteiger partial charge in [-0.2, -0.15) is 0 Å². The van der Waals surface area contributed by atoms with Crippen molar-refractivity contribution in [1.82, 2.24) is 9.97 Å². The van der Waals surface area contributed by atoms with Gasteiger partial charge in [0, 0.05) is 17.7 Å².